The zero-order chi connectivity index (χ0) is 48.4. The van der Waals surface area contributed by atoms with Crippen LogP contribution in [0.5, 0.6) is 0 Å². The Hall–Kier alpha value is -2.23. The molecule has 0 saturated carbocycles. The van der Waals surface area contributed by atoms with E-state index in [1.165, 1.54) is 173 Å². The molecule has 0 aromatic carbocycles. The molecule has 2 unspecified atom stereocenters. The smallest absolute Gasteiger partial charge is 0.361 e. The lowest BCUT2D eigenvalue weighted by Gasteiger charge is -2.25. The first-order valence-electron chi connectivity index (χ1n) is 28.0. The van der Waals surface area contributed by atoms with E-state index in [0.29, 0.717) is 23.9 Å². The number of hydrogen-bond acceptors (Lipinski definition) is 7. The van der Waals surface area contributed by atoms with Gasteiger partial charge < -0.3 is 28.5 Å². The van der Waals surface area contributed by atoms with Crippen LogP contribution in [-0.2, 0) is 33.3 Å². The summed E-state index contributed by atoms with van der Waals surface area (Å²) in [6, 6.07) is 0. The van der Waals surface area contributed by atoms with E-state index in [2.05, 4.69) is 38.2 Å². The number of carboxylic acids is 1. The molecule has 0 heterocycles. The fourth-order valence-corrected chi connectivity index (χ4v) is 8.10. The van der Waals surface area contributed by atoms with Crippen molar-refractivity contribution < 1.29 is 42.9 Å². The zero-order valence-electron chi connectivity index (χ0n) is 44.1. The number of allylic oxidation sites excluding steroid dienone is 4. The molecule has 0 spiro atoms. The Kier molecular flexibility index (Phi) is 47.5. The maximum absolute atomic E-state index is 12.8. The first-order chi connectivity index (χ1) is 32.1. The topological polar surface area (TPSA) is 108 Å². The van der Waals surface area contributed by atoms with E-state index in [1.807, 2.05) is 21.1 Å². The van der Waals surface area contributed by atoms with Crippen LogP contribution in [0.3, 0.4) is 0 Å². The lowest BCUT2D eigenvalue weighted by Crippen LogP contribution is -2.40. The summed E-state index contributed by atoms with van der Waals surface area (Å²) < 4.78 is 22.8. The number of carbonyl (C=O) groups excluding carboxylic acids is 2. The van der Waals surface area contributed by atoms with Crippen molar-refractivity contribution in [1.82, 2.24) is 0 Å². The molecule has 9 heteroatoms. The fraction of sp³-hybridized carbons (Fsp3) is 0.877. The van der Waals surface area contributed by atoms with Crippen LogP contribution in [0.4, 0.5) is 0 Å². The third-order valence-electron chi connectivity index (χ3n) is 12.5. The van der Waals surface area contributed by atoms with Gasteiger partial charge in [0.1, 0.15) is 13.2 Å². The van der Waals surface area contributed by atoms with Crippen molar-refractivity contribution in [3.8, 4) is 0 Å². The minimum Gasteiger partial charge on any atom is -0.477 e. The second-order valence-corrected chi connectivity index (χ2v) is 20.3. The maximum Gasteiger partial charge on any atom is 0.361 e. The maximum atomic E-state index is 12.8. The van der Waals surface area contributed by atoms with E-state index in [4.69, 9.17) is 18.9 Å². The van der Waals surface area contributed by atoms with Crippen LogP contribution in [-0.4, -0.2) is 87.4 Å². The van der Waals surface area contributed by atoms with Crippen LogP contribution < -0.4 is 0 Å². The number of aliphatic carboxylic acids is 1. The van der Waals surface area contributed by atoms with Gasteiger partial charge in [-0.1, -0.05) is 231 Å². The average molecular weight is 935 g/mol. The molecule has 0 fully saturated rings. The van der Waals surface area contributed by atoms with E-state index >= 15 is 0 Å². The van der Waals surface area contributed by atoms with Crippen LogP contribution >= 0.6 is 0 Å². The van der Waals surface area contributed by atoms with Gasteiger partial charge in [0.2, 0.25) is 0 Å². The molecule has 9 nitrogen and oxygen atoms in total. The lowest BCUT2D eigenvalue weighted by atomic mass is 10.0. The second-order valence-electron chi connectivity index (χ2n) is 20.3. The molecule has 0 bridgehead atoms. The molecule has 388 valence electrons. The highest BCUT2D eigenvalue weighted by molar-refractivity contribution is 5.71. The van der Waals surface area contributed by atoms with Gasteiger partial charge in [-0.25, -0.2) is 4.79 Å². The van der Waals surface area contributed by atoms with Gasteiger partial charge in [0, 0.05) is 12.8 Å². The van der Waals surface area contributed by atoms with Gasteiger partial charge in [0.15, 0.2) is 6.10 Å². The molecule has 0 aliphatic heterocycles. The Bertz CT molecular complexity index is 1130. The number of likely N-dealkylation sites (N-methyl/N-ethyl adjacent to an activating group) is 1. The number of carbonyl (C=O) groups is 3. The Morgan fingerprint density at radius 1 is 0.455 bits per heavy atom. The molecule has 1 N–H and O–H groups in total. The molecule has 0 aliphatic carbocycles. The van der Waals surface area contributed by atoms with Crippen molar-refractivity contribution in [2.45, 2.75) is 277 Å². The lowest BCUT2D eigenvalue weighted by molar-refractivity contribution is -0.870. The fourth-order valence-electron chi connectivity index (χ4n) is 8.10. The summed E-state index contributed by atoms with van der Waals surface area (Å²) in [6.45, 7) is 4.88. The molecule has 0 saturated heterocycles. The van der Waals surface area contributed by atoms with Gasteiger partial charge in [0.05, 0.1) is 34.4 Å². The van der Waals surface area contributed by atoms with Crippen molar-refractivity contribution in [3.63, 3.8) is 0 Å². The molecule has 0 radical (unpaired) electrons. The number of rotatable bonds is 52. The van der Waals surface area contributed by atoms with E-state index in [9.17, 15) is 19.5 Å². The molecular formula is C57H108NO8+. The van der Waals surface area contributed by atoms with Crippen molar-refractivity contribution in [3.05, 3.63) is 24.3 Å². The number of quaternary nitrogens is 1. The monoisotopic (exact) mass is 935 g/mol. The highest BCUT2D eigenvalue weighted by atomic mass is 16.7. The highest BCUT2D eigenvalue weighted by Crippen LogP contribution is 2.17. The van der Waals surface area contributed by atoms with Crippen molar-refractivity contribution >= 4 is 17.9 Å². The Labute approximate surface area is 407 Å². The van der Waals surface area contributed by atoms with Gasteiger partial charge in [-0.3, -0.25) is 9.59 Å². The Morgan fingerprint density at radius 2 is 0.818 bits per heavy atom. The van der Waals surface area contributed by atoms with Gasteiger partial charge in [-0.2, -0.15) is 0 Å². The number of hydrogen-bond donors (Lipinski definition) is 1. The first kappa shape index (κ1) is 63.8. The summed E-state index contributed by atoms with van der Waals surface area (Å²) in [6.07, 6.45) is 54.0. The van der Waals surface area contributed by atoms with Crippen molar-refractivity contribution in [2.24, 2.45) is 0 Å². The summed E-state index contributed by atoms with van der Waals surface area (Å²) in [4.78, 5) is 37.3. The summed E-state index contributed by atoms with van der Waals surface area (Å²) in [5.74, 6) is -2.01. The predicted octanol–water partition coefficient (Wildman–Crippen LogP) is 16.0. The highest BCUT2D eigenvalue weighted by Gasteiger charge is 2.25. The third-order valence-corrected chi connectivity index (χ3v) is 12.5. The van der Waals surface area contributed by atoms with E-state index in [1.54, 1.807) is 0 Å². The van der Waals surface area contributed by atoms with Gasteiger partial charge in [-0.05, 0) is 44.9 Å². The summed E-state index contributed by atoms with van der Waals surface area (Å²) in [7, 11) is 5.97. The van der Waals surface area contributed by atoms with Crippen LogP contribution in [0.15, 0.2) is 24.3 Å². The van der Waals surface area contributed by atoms with Crippen LogP contribution in [0.1, 0.15) is 264 Å². The number of carboxylic acid groups (broad SMARTS) is 1. The largest absolute Gasteiger partial charge is 0.477 e. The molecule has 66 heavy (non-hydrogen) atoms. The Balaban J connectivity index is 4.20. The molecular weight excluding hydrogens is 827 g/mol. The molecule has 0 aromatic heterocycles. The Morgan fingerprint density at radius 3 is 1.21 bits per heavy atom. The molecule has 0 amide bonds. The predicted molar refractivity (Wildman–Crippen MR) is 277 cm³/mol. The van der Waals surface area contributed by atoms with E-state index in [0.717, 1.165) is 57.8 Å². The molecule has 0 aliphatic rings. The van der Waals surface area contributed by atoms with Gasteiger partial charge >= 0.3 is 17.9 Å². The van der Waals surface area contributed by atoms with Gasteiger partial charge in [0.25, 0.3) is 6.29 Å². The summed E-state index contributed by atoms with van der Waals surface area (Å²) in [5, 5.41) is 9.68. The number of esters is 2. The number of ether oxygens (including phenoxy) is 4. The number of unbranched alkanes of at least 4 members (excludes halogenated alkanes) is 33. The van der Waals surface area contributed by atoms with Crippen molar-refractivity contribution in [2.75, 3.05) is 47.5 Å². The molecule has 0 rings (SSSR count). The quantitative estimate of drug-likeness (QED) is 0.0211. The van der Waals surface area contributed by atoms with Gasteiger partial charge in [-0.15, -0.1) is 0 Å². The summed E-state index contributed by atoms with van der Waals surface area (Å²) >= 11 is 0. The zero-order valence-corrected chi connectivity index (χ0v) is 44.1. The third kappa shape index (κ3) is 49.7. The van der Waals surface area contributed by atoms with E-state index in [-0.39, 0.29) is 32.2 Å². The van der Waals surface area contributed by atoms with Crippen LogP contribution in [0.25, 0.3) is 0 Å². The SMILES string of the molecule is CCCCCC/C=C\C/C=C\CCCCCCCC(=O)OC(COC(=O)CCCCCCCCCCCCCCCCCCCCCCCCCCC)COC(OCC[N+](C)(C)C)C(=O)O. The first-order valence-corrected chi connectivity index (χ1v) is 28.0. The normalized spacial score (nSPS) is 12.9. The minimum atomic E-state index is -1.51. The average Bonchev–Trinajstić information content (AvgIpc) is 3.28. The standard InChI is InChI=1S/C57H107NO8/c1-6-8-10-12-14-16-18-20-22-24-25-26-27-28-29-30-31-32-34-35-37-39-41-43-45-47-54(59)64-51-53(52-65-57(56(61)62)63-50-49-58(3,4)5)66-55(60)48-46-44-42-40-38-36-33-23-21-19-17-15-13-11-9-7-2/h17,19,23,33,53,57H,6-16,18,20-22,24-32,34-52H2,1-5H3/p+1/b19-17-,33-23-. The molecule has 0 aromatic rings. The second kappa shape index (κ2) is 49.2. The van der Waals surface area contributed by atoms with Crippen LogP contribution in [0, 0.1) is 0 Å². The van der Waals surface area contributed by atoms with E-state index < -0.39 is 24.3 Å². The van der Waals surface area contributed by atoms with Crippen LogP contribution in [0.2, 0.25) is 0 Å². The molecule has 2 atom stereocenters. The van der Waals surface area contributed by atoms with Crippen molar-refractivity contribution in [1.29, 1.82) is 0 Å². The number of nitrogens with zero attached hydrogens (tertiary/aromatic N) is 1. The minimum absolute atomic E-state index is 0.183. The summed E-state index contributed by atoms with van der Waals surface area (Å²) in [5.41, 5.74) is 0.